The Hall–Kier alpha value is -16.1. The predicted molar refractivity (Wildman–Crippen MR) is 468 cm³/mol. The Balaban J connectivity index is 1.12. The zero-order chi connectivity index (χ0) is 99.1. The lowest BCUT2D eigenvalue weighted by Gasteiger charge is -2.29. The van der Waals surface area contributed by atoms with Crippen LogP contribution in [0.15, 0.2) is 109 Å². The summed E-state index contributed by atoms with van der Waals surface area (Å²) in [4.78, 5) is 305. The summed E-state index contributed by atoms with van der Waals surface area (Å²) in [5, 5.41) is 88.4. The van der Waals surface area contributed by atoms with Crippen molar-refractivity contribution in [1.82, 2.24) is 95.0 Å². The molecule has 49 nitrogen and oxygen atoms in total. The second kappa shape index (κ2) is 49.6. The molecule has 0 radical (unpaired) electrons. The van der Waals surface area contributed by atoms with E-state index in [9.17, 15) is 131 Å². The molecule has 31 N–H and O–H groups in total. The van der Waals surface area contributed by atoms with Gasteiger partial charge in [-0.05, 0) is 91.8 Å². The molecule has 0 spiro atoms. The highest BCUT2D eigenvalue weighted by atomic mass is 16.4. The number of rotatable bonds is 46. The van der Waals surface area contributed by atoms with E-state index in [2.05, 4.69) is 89.7 Å². The number of aliphatic carboxylic acids is 3. The van der Waals surface area contributed by atoms with Gasteiger partial charge in [0.25, 0.3) is 0 Å². The first-order valence-corrected chi connectivity index (χ1v) is 42.0. The van der Waals surface area contributed by atoms with E-state index >= 15 is 0 Å². The van der Waals surface area contributed by atoms with Crippen LogP contribution in [0.3, 0.4) is 0 Å². The van der Waals surface area contributed by atoms with Gasteiger partial charge in [0.2, 0.25) is 112 Å². The van der Waals surface area contributed by atoms with Gasteiger partial charge in [-0.1, -0.05) is 80.9 Å². The highest BCUT2D eigenvalue weighted by molar-refractivity contribution is 6.03. The molecule has 134 heavy (non-hydrogen) atoms. The number of H-pyrrole nitrogens is 2. The summed E-state index contributed by atoms with van der Waals surface area (Å²) in [6.07, 6.45) is -5.12. The fourth-order valence-corrected chi connectivity index (χ4v) is 13.7. The highest BCUT2D eigenvalue weighted by Crippen LogP contribution is 2.23. The van der Waals surface area contributed by atoms with E-state index in [1.54, 1.807) is 55.5 Å². The van der Waals surface area contributed by atoms with Crippen molar-refractivity contribution in [2.75, 3.05) is 13.1 Å². The number of carbonyl (C=O) groups is 22. The van der Waals surface area contributed by atoms with Crippen molar-refractivity contribution in [3.05, 3.63) is 132 Å². The van der Waals surface area contributed by atoms with Crippen LogP contribution in [0.5, 0.6) is 11.5 Å². The van der Waals surface area contributed by atoms with Crippen molar-refractivity contribution in [2.45, 2.75) is 202 Å². The number of nitrogens with one attached hydrogen (secondary N) is 18. The molecular weight excluding hydrogens is 1760 g/mol. The fraction of sp³-hybridized carbons (Fsp3) is 0.412. The molecule has 720 valence electrons. The molecule has 1 fully saturated rings. The van der Waals surface area contributed by atoms with Crippen LogP contribution in [0.4, 0.5) is 0 Å². The quantitative estimate of drug-likeness (QED) is 0.0169. The monoisotopic (exact) mass is 1870 g/mol. The van der Waals surface area contributed by atoms with Gasteiger partial charge in [-0.2, -0.15) is 0 Å². The number of amides is 19. The number of primary amides is 3. The van der Waals surface area contributed by atoms with Gasteiger partial charge in [0.15, 0.2) is 0 Å². The Morgan fingerprint density at radius 1 is 0.433 bits per heavy atom. The van der Waals surface area contributed by atoms with Gasteiger partial charge in [-0.3, -0.25) is 105 Å². The highest BCUT2D eigenvalue weighted by Gasteiger charge is 2.40. The molecule has 0 bridgehead atoms. The van der Waals surface area contributed by atoms with Gasteiger partial charge in [0, 0.05) is 72.8 Å². The van der Waals surface area contributed by atoms with E-state index in [4.69, 9.17) is 22.9 Å². The molecular formula is C85H108N22O27. The number of phenols is 2. The molecule has 4 aromatic carbocycles. The van der Waals surface area contributed by atoms with Crippen LogP contribution in [0.1, 0.15) is 108 Å². The zero-order valence-corrected chi connectivity index (χ0v) is 73.1. The van der Waals surface area contributed by atoms with Crippen molar-refractivity contribution in [3.63, 3.8) is 0 Å². The van der Waals surface area contributed by atoms with Gasteiger partial charge >= 0.3 is 17.9 Å². The number of benzene rings is 4. The number of aromatic amines is 2. The lowest BCUT2D eigenvalue weighted by Crippen LogP contribution is -2.62. The number of carbonyl (C=O) groups excluding carboxylic acids is 19. The summed E-state index contributed by atoms with van der Waals surface area (Å²) in [5.74, 6) is -28.2. The summed E-state index contributed by atoms with van der Waals surface area (Å²) in [5.41, 5.74) is 24.5. The molecule has 16 atom stereocenters. The number of hydrogen-bond acceptors (Lipinski definition) is 25. The molecule has 1 aliphatic heterocycles. The average Bonchev–Trinajstić information content (AvgIpc) is 1.67. The summed E-state index contributed by atoms with van der Waals surface area (Å²) >= 11 is 0. The first-order chi connectivity index (χ1) is 63.3. The number of hydrogen-bond donors (Lipinski definition) is 27. The smallest absolute Gasteiger partial charge is 0.305 e. The van der Waals surface area contributed by atoms with E-state index in [1.165, 1.54) is 81.7 Å². The van der Waals surface area contributed by atoms with E-state index in [1.807, 2.05) is 5.32 Å². The first-order valence-electron chi connectivity index (χ1n) is 42.0. The van der Waals surface area contributed by atoms with Crippen LogP contribution >= 0.6 is 0 Å². The van der Waals surface area contributed by atoms with Crippen molar-refractivity contribution < 1.29 is 131 Å². The number of aromatic hydroxyl groups is 2. The average molecular weight is 1870 g/mol. The Morgan fingerprint density at radius 2 is 0.843 bits per heavy atom. The zero-order valence-electron chi connectivity index (χ0n) is 73.1. The Bertz CT molecular complexity index is 5390. The summed E-state index contributed by atoms with van der Waals surface area (Å²) < 4.78 is 0. The van der Waals surface area contributed by atoms with Gasteiger partial charge in [-0.25, -0.2) is 0 Å². The number of carboxylic acid groups (broad SMARTS) is 3. The van der Waals surface area contributed by atoms with Gasteiger partial charge in [-0.15, -0.1) is 0 Å². The summed E-state index contributed by atoms with van der Waals surface area (Å²) in [7, 11) is 0. The summed E-state index contributed by atoms with van der Waals surface area (Å²) in [6, 6.07) is -2.82. The van der Waals surface area contributed by atoms with Crippen molar-refractivity contribution in [3.8, 4) is 11.5 Å². The van der Waals surface area contributed by atoms with Crippen LogP contribution < -0.4 is 108 Å². The fourth-order valence-electron chi connectivity index (χ4n) is 13.7. The Morgan fingerprint density at radius 3 is 1.34 bits per heavy atom. The standard InChI is InChI=1S/C85H108N22O27/c1-6-38(2)70(107-83(132)60(31-64(88)111)103-80(129)58(28-45-35-91-52-14-10-8-12-49(45)52)102-82(131)61(33-69(118)119)104-84(133)62-36-92-75(124)50(86)29-65(112)94-39(3)72(121)95-40(4)74(123)106-62)85(134)105-55(25-42-15-19-46(108)20-16-42)78(127)96-41(5)73(122)100-56(26-43-17-21-47(109)22-18-43)79(128)98-53(23-24-67(114)115)77(126)101-57(27-44-34-90-51-13-9-7-11-48(44)51)76(125)93-37-66(113)97-59(30-63(87)110)81(130)99-54(71(89)120)32-68(116)117/h7-22,34-35,38-41,50,53-62,70,90-91,108-109H,6,23-33,36-37,86H2,1-5H3,(H2,87,110)(H2,88,111)(H2,89,120)(H,92,124)(H,93,125)(H,94,112)(H,95,121)(H,96,127)(H,97,113)(H,98,128)(H,99,130)(H,100,122)(H,101,126)(H,102,131)(H,103,129)(H,104,133)(H,105,134)(H,106,123)(H,107,132)(H,114,115)(H,116,117)(H,118,119)/t38-,39-,40-,41-,50-,53-,54-,55-,56-,57-,58-,59-,60-,61-,62-,70-/m0/s1. The maximum Gasteiger partial charge on any atom is 0.305 e. The van der Waals surface area contributed by atoms with Crippen LogP contribution in [0.2, 0.25) is 0 Å². The van der Waals surface area contributed by atoms with Crippen molar-refractivity contribution in [1.29, 1.82) is 0 Å². The Labute approximate surface area is 762 Å². The molecule has 0 aliphatic carbocycles. The van der Waals surface area contributed by atoms with Gasteiger partial charge < -0.3 is 144 Å². The third-order valence-corrected chi connectivity index (χ3v) is 21.3. The molecule has 1 saturated heterocycles. The van der Waals surface area contributed by atoms with Crippen LogP contribution in [0.25, 0.3) is 21.8 Å². The molecule has 6 aromatic rings. The lowest BCUT2D eigenvalue weighted by atomic mass is 9.96. The van der Waals surface area contributed by atoms with E-state index in [0.717, 1.165) is 6.92 Å². The van der Waals surface area contributed by atoms with Crippen molar-refractivity contribution in [2.24, 2.45) is 28.9 Å². The maximum atomic E-state index is 15.0. The molecule has 3 heterocycles. The number of aromatic nitrogens is 2. The Kier molecular flexibility index (Phi) is 38.8. The third kappa shape index (κ3) is 32.5. The second-order valence-corrected chi connectivity index (χ2v) is 31.8. The molecule has 0 unspecified atom stereocenters. The molecule has 49 heteroatoms. The normalized spacial score (nSPS) is 17.3. The maximum absolute atomic E-state index is 15.0. The molecule has 7 rings (SSSR count). The first kappa shape index (κ1) is 105. The minimum Gasteiger partial charge on any atom is -0.508 e. The largest absolute Gasteiger partial charge is 0.508 e. The number of nitrogens with two attached hydrogens (primary N) is 4. The van der Waals surface area contributed by atoms with E-state index < -0.39 is 304 Å². The number of phenolic OH excluding ortho intramolecular Hbond substituents is 2. The second-order valence-electron chi connectivity index (χ2n) is 31.8. The van der Waals surface area contributed by atoms with E-state index in [0.29, 0.717) is 32.9 Å². The number of para-hydroxylation sites is 2. The lowest BCUT2D eigenvalue weighted by molar-refractivity contribution is -0.142. The van der Waals surface area contributed by atoms with Crippen LogP contribution in [-0.4, -0.2) is 269 Å². The van der Waals surface area contributed by atoms with E-state index in [-0.39, 0.29) is 35.5 Å². The molecule has 2 aromatic heterocycles. The minimum absolute atomic E-state index is 0.0748. The van der Waals surface area contributed by atoms with Crippen molar-refractivity contribution >= 4 is 152 Å². The molecule has 1 aliphatic rings. The predicted octanol–water partition coefficient (Wildman–Crippen LogP) is -7.76. The molecule has 19 amide bonds. The molecule has 0 saturated carbocycles. The topological polar surface area (TPSA) is 805 Å². The number of fused-ring (bicyclic) bond motifs is 2. The minimum atomic E-state index is -2.14. The van der Waals surface area contributed by atoms with Crippen LogP contribution in [-0.2, 0) is 131 Å². The van der Waals surface area contributed by atoms with Gasteiger partial charge in [0.1, 0.15) is 96.1 Å². The van der Waals surface area contributed by atoms with Gasteiger partial charge in [0.05, 0.1) is 44.7 Å². The van der Waals surface area contributed by atoms with Crippen LogP contribution in [0, 0.1) is 5.92 Å². The third-order valence-electron chi connectivity index (χ3n) is 21.3. The SMILES string of the molecule is CC[C@H](C)[C@H](NC(=O)[C@H](CC(N)=O)NC(=O)[C@H](Cc1c[nH]c2ccccc12)NC(=O)[C@H](CC(=O)O)NC(=O)[C@@H]1CNC(=O)[C@@H](N)CC(=O)N[C@@H](C)C(=O)N[C@@H](C)C(=O)N1)C(=O)N[C@@H](Cc1ccc(O)cc1)C(=O)N[C@@H](C)C(=O)N[C@@H](Cc1ccc(O)cc1)C(=O)N[C@@H](CCC(=O)O)C(=O)N[C@@H](Cc1c[nH]c2ccccc12)C(=O)NCC(=O)N[C@@H](CC(N)=O)C(=O)N[C@@H](CC(=O)O)C(N)=O. The number of carboxylic acids is 3. The summed E-state index contributed by atoms with van der Waals surface area (Å²) in [6.45, 7) is 4.90.